The summed E-state index contributed by atoms with van der Waals surface area (Å²) in [5, 5.41) is 73.7. The number of benzene rings is 2. The van der Waals surface area contributed by atoms with E-state index in [2.05, 4.69) is 5.32 Å². The second-order valence-corrected chi connectivity index (χ2v) is 9.34. The third kappa shape index (κ3) is 6.07. The first kappa shape index (κ1) is 29.3. The number of ether oxygens (including phenoxy) is 4. The van der Waals surface area contributed by atoms with Gasteiger partial charge in [0, 0.05) is 0 Å². The molecule has 0 aliphatic carbocycles. The molecule has 214 valence electrons. The van der Waals surface area contributed by atoms with E-state index < -0.39 is 86.8 Å². The molecule has 0 aromatic heterocycles. The molecule has 39 heavy (non-hydrogen) atoms. The van der Waals surface area contributed by atoms with Crippen molar-refractivity contribution in [2.24, 2.45) is 0 Å². The van der Waals surface area contributed by atoms with Gasteiger partial charge in [0.25, 0.3) is 0 Å². The van der Waals surface area contributed by atoms with Gasteiger partial charge >= 0.3 is 6.09 Å². The fourth-order valence-electron chi connectivity index (χ4n) is 4.67. The lowest BCUT2D eigenvalue weighted by molar-refractivity contribution is -0.382. The van der Waals surface area contributed by atoms with Gasteiger partial charge in [0.2, 0.25) is 12.1 Å². The number of carbonyl (C=O) groups excluding carboxylic acids is 1. The SMILES string of the molecule is O=C(NC(c1ccccc1)c1ccccc1)O[C@H]1[C@@H](O[C@]2(CO)O[C@H](CO)[C@@H](O)[C@@H]2O)O[C@H](CO)[C@@H](O)[C@@H]1O. The lowest BCUT2D eigenvalue weighted by Crippen LogP contribution is -2.64. The minimum absolute atomic E-state index is 0.666. The molecular formula is C26H33NO12. The van der Waals surface area contributed by atoms with Gasteiger partial charge in [-0.2, -0.15) is 0 Å². The van der Waals surface area contributed by atoms with E-state index in [1.165, 1.54) is 0 Å². The highest BCUT2D eigenvalue weighted by Gasteiger charge is 2.59. The van der Waals surface area contributed by atoms with Crippen LogP contribution in [0.15, 0.2) is 60.7 Å². The standard InChI is InChI=1S/C26H33NO12/c28-11-16-19(31)21(33)22(24(36-16)39-26(13-30)23(34)20(32)17(12-29)38-26)37-25(35)27-18(14-7-3-1-4-8-14)15-9-5-2-6-10-15/h1-10,16-24,28-34H,11-13H2,(H,27,35)/t16-,17-,19-,20-,21+,22-,23+,24-,26+/m1/s1. The number of aliphatic hydroxyl groups is 7. The van der Waals surface area contributed by atoms with Crippen LogP contribution in [0.5, 0.6) is 0 Å². The second-order valence-electron chi connectivity index (χ2n) is 9.34. The maximum Gasteiger partial charge on any atom is 0.408 e. The fraction of sp³-hybridized carbons (Fsp3) is 0.500. The van der Waals surface area contributed by atoms with E-state index in [1.807, 2.05) is 12.1 Å². The average molecular weight is 552 g/mol. The molecular weight excluding hydrogens is 518 g/mol. The summed E-state index contributed by atoms with van der Waals surface area (Å²) in [7, 11) is 0. The summed E-state index contributed by atoms with van der Waals surface area (Å²) in [6.45, 7) is -2.52. The molecule has 2 aliphatic heterocycles. The Kier molecular flexibility index (Phi) is 9.51. The lowest BCUT2D eigenvalue weighted by atomic mass is 9.98. The molecule has 2 fully saturated rings. The predicted octanol–water partition coefficient (Wildman–Crippen LogP) is -1.87. The van der Waals surface area contributed by atoms with Gasteiger partial charge in [-0.3, -0.25) is 0 Å². The van der Waals surface area contributed by atoms with E-state index in [0.717, 1.165) is 11.1 Å². The molecule has 2 aromatic carbocycles. The molecule has 0 radical (unpaired) electrons. The molecule has 0 unspecified atom stereocenters. The molecule has 0 saturated carbocycles. The van der Waals surface area contributed by atoms with E-state index in [1.54, 1.807) is 48.5 Å². The minimum atomic E-state index is -2.35. The lowest BCUT2D eigenvalue weighted by Gasteiger charge is -2.44. The quantitative estimate of drug-likeness (QED) is 0.172. The van der Waals surface area contributed by atoms with Crippen LogP contribution in [0.4, 0.5) is 4.79 Å². The largest absolute Gasteiger partial charge is 0.438 e. The Morgan fingerprint density at radius 1 is 0.846 bits per heavy atom. The van der Waals surface area contributed by atoms with E-state index in [4.69, 9.17) is 18.9 Å². The van der Waals surface area contributed by atoms with Crippen molar-refractivity contribution in [3.05, 3.63) is 71.8 Å². The summed E-state index contributed by atoms with van der Waals surface area (Å²) in [6.07, 6.45) is -14.4. The van der Waals surface area contributed by atoms with Crippen LogP contribution in [0.3, 0.4) is 0 Å². The van der Waals surface area contributed by atoms with Crippen molar-refractivity contribution in [3.8, 4) is 0 Å². The molecule has 2 aliphatic rings. The fourth-order valence-corrected chi connectivity index (χ4v) is 4.67. The van der Waals surface area contributed by atoms with Gasteiger partial charge in [-0.25, -0.2) is 4.79 Å². The maximum absolute atomic E-state index is 13.1. The third-order valence-electron chi connectivity index (χ3n) is 6.82. The zero-order valence-electron chi connectivity index (χ0n) is 20.8. The number of amides is 1. The Balaban J connectivity index is 1.58. The molecule has 8 N–H and O–H groups in total. The zero-order valence-corrected chi connectivity index (χ0v) is 20.8. The van der Waals surface area contributed by atoms with Gasteiger partial charge in [-0.15, -0.1) is 0 Å². The van der Waals surface area contributed by atoms with Crippen LogP contribution in [0.25, 0.3) is 0 Å². The smallest absolute Gasteiger partial charge is 0.408 e. The molecule has 4 rings (SSSR count). The van der Waals surface area contributed by atoms with Crippen LogP contribution in [0, 0.1) is 0 Å². The Hall–Kier alpha value is -2.69. The van der Waals surface area contributed by atoms with Crippen LogP contribution in [0.2, 0.25) is 0 Å². The number of carbonyl (C=O) groups is 1. The number of hydrogen-bond acceptors (Lipinski definition) is 12. The van der Waals surface area contributed by atoms with Crippen molar-refractivity contribution in [3.63, 3.8) is 0 Å². The van der Waals surface area contributed by atoms with Crippen molar-refractivity contribution in [1.82, 2.24) is 5.32 Å². The highest BCUT2D eigenvalue weighted by molar-refractivity contribution is 5.69. The zero-order chi connectivity index (χ0) is 28.2. The molecule has 2 heterocycles. The Bertz CT molecular complexity index is 1020. The van der Waals surface area contributed by atoms with E-state index in [0.29, 0.717) is 0 Å². The summed E-state index contributed by atoms with van der Waals surface area (Å²) in [4.78, 5) is 13.1. The number of aliphatic hydroxyl groups excluding tert-OH is 7. The van der Waals surface area contributed by atoms with Crippen molar-refractivity contribution in [1.29, 1.82) is 0 Å². The van der Waals surface area contributed by atoms with E-state index in [-0.39, 0.29) is 0 Å². The van der Waals surface area contributed by atoms with Gasteiger partial charge < -0.3 is 60.0 Å². The third-order valence-corrected chi connectivity index (χ3v) is 6.82. The Morgan fingerprint density at radius 3 is 1.90 bits per heavy atom. The molecule has 13 nitrogen and oxygen atoms in total. The Morgan fingerprint density at radius 2 is 1.41 bits per heavy atom. The number of rotatable bonds is 9. The summed E-state index contributed by atoms with van der Waals surface area (Å²) in [5.41, 5.74) is 1.44. The van der Waals surface area contributed by atoms with Gasteiger partial charge in [-0.05, 0) is 11.1 Å². The van der Waals surface area contributed by atoms with Gasteiger partial charge in [-0.1, -0.05) is 60.7 Å². The van der Waals surface area contributed by atoms with Crippen molar-refractivity contribution >= 4 is 6.09 Å². The first-order valence-corrected chi connectivity index (χ1v) is 12.4. The van der Waals surface area contributed by atoms with Gasteiger partial charge in [0.15, 0.2) is 6.10 Å². The predicted molar refractivity (Wildman–Crippen MR) is 131 cm³/mol. The van der Waals surface area contributed by atoms with Crippen molar-refractivity contribution in [2.75, 3.05) is 19.8 Å². The molecule has 2 saturated heterocycles. The highest BCUT2D eigenvalue weighted by Crippen LogP contribution is 2.36. The number of hydrogen-bond donors (Lipinski definition) is 8. The summed E-state index contributed by atoms with van der Waals surface area (Å²) < 4.78 is 22.0. The van der Waals surface area contributed by atoms with E-state index >= 15 is 0 Å². The number of nitrogens with one attached hydrogen (secondary N) is 1. The molecule has 0 bridgehead atoms. The second kappa shape index (κ2) is 12.7. The monoisotopic (exact) mass is 551 g/mol. The summed E-state index contributed by atoms with van der Waals surface area (Å²) in [6, 6.07) is 17.3. The molecule has 13 heteroatoms. The first-order chi connectivity index (χ1) is 18.7. The maximum atomic E-state index is 13.1. The van der Waals surface area contributed by atoms with Crippen LogP contribution < -0.4 is 5.32 Å². The molecule has 9 atom stereocenters. The Labute approximate surface area is 223 Å². The average Bonchev–Trinajstić information content (AvgIpc) is 3.21. The van der Waals surface area contributed by atoms with Crippen LogP contribution in [0.1, 0.15) is 17.2 Å². The first-order valence-electron chi connectivity index (χ1n) is 12.4. The normalized spacial score (nSPS) is 34.7. The van der Waals surface area contributed by atoms with Crippen LogP contribution >= 0.6 is 0 Å². The molecule has 0 spiro atoms. The van der Waals surface area contributed by atoms with Crippen molar-refractivity contribution in [2.45, 2.75) is 60.8 Å². The number of alkyl carbamates (subject to hydrolysis) is 1. The van der Waals surface area contributed by atoms with Crippen molar-refractivity contribution < 1.29 is 59.5 Å². The van der Waals surface area contributed by atoms with Crippen LogP contribution in [-0.4, -0.2) is 116 Å². The van der Waals surface area contributed by atoms with Crippen LogP contribution in [-0.2, 0) is 18.9 Å². The summed E-state index contributed by atoms with van der Waals surface area (Å²) >= 11 is 0. The highest BCUT2D eigenvalue weighted by atomic mass is 16.8. The van der Waals surface area contributed by atoms with Gasteiger partial charge in [0.05, 0.1) is 19.3 Å². The topological polar surface area (TPSA) is 208 Å². The molecule has 2 aromatic rings. The summed E-state index contributed by atoms with van der Waals surface area (Å²) in [5.74, 6) is -2.35. The minimum Gasteiger partial charge on any atom is -0.438 e. The molecule has 1 amide bonds. The van der Waals surface area contributed by atoms with E-state index in [9.17, 15) is 40.5 Å². The van der Waals surface area contributed by atoms with Gasteiger partial charge in [0.1, 0.15) is 43.2 Å².